The smallest absolute Gasteiger partial charge is 0.0557 e. The highest BCUT2D eigenvalue weighted by molar-refractivity contribution is 5.45. The summed E-state index contributed by atoms with van der Waals surface area (Å²) in [6.45, 7) is 8.81. The van der Waals surface area contributed by atoms with Crippen molar-refractivity contribution in [1.82, 2.24) is 4.98 Å². The standard InChI is InChI=1S/C11H18N2/c1-9(2)13(10(3)4)11-6-5-7-12-8-11/h5-10H,1-4H3. The average molecular weight is 178 g/mol. The fraction of sp³-hybridized carbons (Fsp3) is 0.545. The molecule has 0 saturated heterocycles. The maximum atomic E-state index is 4.13. The van der Waals surface area contributed by atoms with Crippen LogP contribution in [-0.2, 0) is 0 Å². The van der Waals surface area contributed by atoms with Crippen molar-refractivity contribution in [3.63, 3.8) is 0 Å². The normalized spacial score (nSPS) is 10.9. The lowest BCUT2D eigenvalue weighted by Gasteiger charge is -2.32. The first kappa shape index (κ1) is 10.0. The summed E-state index contributed by atoms with van der Waals surface area (Å²) >= 11 is 0. The van der Waals surface area contributed by atoms with E-state index >= 15 is 0 Å². The molecule has 72 valence electrons. The van der Waals surface area contributed by atoms with Gasteiger partial charge in [0.05, 0.1) is 11.9 Å². The highest BCUT2D eigenvalue weighted by Gasteiger charge is 2.13. The lowest BCUT2D eigenvalue weighted by atomic mass is 10.2. The number of nitrogens with zero attached hydrogens (tertiary/aromatic N) is 2. The lowest BCUT2D eigenvalue weighted by molar-refractivity contribution is 0.607. The van der Waals surface area contributed by atoms with Gasteiger partial charge in [-0.2, -0.15) is 0 Å². The monoisotopic (exact) mass is 178 g/mol. The predicted molar refractivity (Wildman–Crippen MR) is 57.0 cm³/mol. The molecule has 0 fully saturated rings. The summed E-state index contributed by atoms with van der Waals surface area (Å²) in [5.41, 5.74) is 1.20. The van der Waals surface area contributed by atoms with Gasteiger partial charge in [-0.25, -0.2) is 0 Å². The summed E-state index contributed by atoms with van der Waals surface area (Å²) < 4.78 is 0. The highest BCUT2D eigenvalue weighted by atomic mass is 15.2. The molecule has 0 bridgehead atoms. The quantitative estimate of drug-likeness (QED) is 0.707. The van der Waals surface area contributed by atoms with Crippen molar-refractivity contribution < 1.29 is 0 Å². The van der Waals surface area contributed by atoms with E-state index in [9.17, 15) is 0 Å². The van der Waals surface area contributed by atoms with E-state index < -0.39 is 0 Å². The summed E-state index contributed by atoms with van der Waals surface area (Å²) in [6.07, 6.45) is 3.72. The van der Waals surface area contributed by atoms with Crippen LogP contribution >= 0.6 is 0 Å². The predicted octanol–water partition coefficient (Wildman–Crippen LogP) is 2.70. The summed E-state index contributed by atoms with van der Waals surface area (Å²) in [6, 6.07) is 5.12. The second-order valence-corrected chi connectivity index (χ2v) is 3.81. The van der Waals surface area contributed by atoms with Gasteiger partial charge in [-0.05, 0) is 39.8 Å². The van der Waals surface area contributed by atoms with Crippen molar-refractivity contribution in [2.24, 2.45) is 0 Å². The Bertz CT molecular complexity index is 234. The van der Waals surface area contributed by atoms with Gasteiger partial charge in [-0.1, -0.05) is 0 Å². The zero-order chi connectivity index (χ0) is 9.84. The number of hydrogen-bond donors (Lipinski definition) is 0. The topological polar surface area (TPSA) is 16.1 Å². The lowest BCUT2D eigenvalue weighted by Crippen LogP contribution is -2.36. The Morgan fingerprint density at radius 1 is 1.15 bits per heavy atom. The molecule has 0 unspecified atom stereocenters. The molecule has 0 saturated carbocycles. The van der Waals surface area contributed by atoms with Crippen molar-refractivity contribution in [3.8, 4) is 0 Å². The Labute approximate surface area is 80.6 Å². The third-order valence-electron chi connectivity index (χ3n) is 2.06. The summed E-state index contributed by atoms with van der Waals surface area (Å²) in [7, 11) is 0. The second kappa shape index (κ2) is 4.26. The molecule has 0 amide bonds. The van der Waals surface area contributed by atoms with E-state index in [4.69, 9.17) is 0 Å². The number of aromatic nitrogens is 1. The molecule has 13 heavy (non-hydrogen) atoms. The Morgan fingerprint density at radius 3 is 2.15 bits per heavy atom. The zero-order valence-electron chi connectivity index (χ0n) is 8.86. The third kappa shape index (κ3) is 2.44. The molecule has 0 aromatic carbocycles. The van der Waals surface area contributed by atoms with Crippen molar-refractivity contribution in [2.45, 2.75) is 39.8 Å². The molecule has 0 aliphatic carbocycles. The maximum Gasteiger partial charge on any atom is 0.0557 e. The third-order valence-corrected chi connectivity index (χ3v) is 2.06. The fourth-order valence-electron chi connectivity index (χ4n) is 1.70. The van der Waals surface area contributed by atoms with Crippen molar-refractivity contribution in [3.05, 3.63) is 24.5 Å². The molecular formula is C11H18N2. The van der Waals surface area contributed by atoms with E-state index in [0.29, 0.717) is 12.1 Å². The fourth-order valence-corrected chi connectivity index (χ4v) is 1.70. The molecule has 2 heteroatoms. The van der Waals surface area contributed by atoms with Gasteiger partial charge in [0.2, 0.25) is 0 Å². The average Bonchev–Trinajstić information content (AvgIpc) is 2.04. The molecule has 2 nitrogen and oxygen atoms in total. The SMILES string of the molecule is CC(C)N(c1cccnc1)C(C)C. The zero-order valence-corrected chi connectivity index (χ0v) is 8.86. The van der Waals surface area contributed by atoms with Crippen LogP contribution in [0.5, 0.6) is 0 Å². The van der Waals surface area contributed by atoms with E-state index in [0.717, 1.165) is 0 Å². The van der Waals surface area contributed by atoms with E-state index in [-0.39, 0.29) is 0 Å². The Balaban J connectivity index is 2.89. The summed E-state index contributed by atoms with van der Waals surface area (Å²) in [4.78, 5) is 6.48. The number of hydrogen-bond acceptors (Lipinski definition) is 2. The highest BCUT2D eigenvalue weighted by Crippen LogP contribution is 2.17. The van der Waals surface area contributed by atoms with Crippen LogP contribution in [0.25, 0.3) is 0 Å². The molecule has 0 radical (unpaired) electrons. The Kier molecular flexibility index (Phi) is 3.29. The molecule has 0 aliphatic heterocycles. The first-order valence-electron chi connectivity index (χ1n) is 4.81. The largest absolute Gasteiger partial charge is 0.365 e. The van der Waals surface area contributed by atoms with Crippen LogP contribution in [-0.4, -0.2) is 17.1 Å². The van der Waals surface area contributed by atoms with Crippen LogP contribution < -0.4 is 4.90 Å². The summed E-state index contributed by atoms with van der Waals surface area (Å²) in [5, 5.41) is 0. The van der Waals surface area contributed by atoms with Crippen LogP contribution in [0.15, 0.2) is 24.5 Å². The van der Waals surface area contributed by atoms with E-state index in [1.54, 1.807) is 0 Å². The Hall–Kier alpha value is -1.05. The maximum absolute atomic E-state index is 4.13. The minimum atomic E-state index is 0.518. The Morgan fingerprint density at radius 2 is 1.77 bits per heavy atom. The second-order valence-electron chi connectivity index (χ2n) is 3.81. The van der Waals surface area contributed by atoms with Crippen LogP contribution in [0, 0.1) is 0 Å². The molecule has 0 aliphatic rings. The van der Waals surface area contributed by atoms with Gasteiger partial charge in [0.15, 0.2) is 0 Å². The van der Waals surface area contributed by atoms with Crippen molar-refractivity contribution >= 4 is 5.69 Å². The molecule has 0 atom stereocenters. The van der Waals surface area contributed by atoms with Gasteiger partial charge >= 0.3 is 0 Å². The molecule has 0 N–H and O–H groups in total. The van der Waals surface area contributed by atoms with E-state index in [1.807, 2.05) is 18.5 Å². The van der Waals surface area contributed by atoms with Gasteiger partial charge in [0, 0.05) is 18.3 Å². The van der Waals surface area contributed by atoms with E-state index in [1.165, 1.54) is 5.69 Å². The van der Waals surface area contributed by atoms with E-state index in [2.05, 4.69) is 43.6 Å². The first-order chi connectivity index (χ1) is 6.13. The van der Waals surface area contributed by atoms with Crippen LogP contribution in [0.3, 0.4) is 0 Å². The minimum Gasteiger partial charge on any atom is -0.365 e. The first-order valence-corrected chi connectivity index (χ1v) is 4.81. The molecule has 1 rings (SSSR count). The van der Waals surface area contributed by atoms with Crippen molar-refractivity contribution in [1.29, 1.82) is 0 Å². The minimum absolute atomic E-state index is 0.518. The molecular weight excluding hydrogens is 160 g/mol. The van der Waals surface area contributed by atoms with Crippen molar-refractivity contribution in [2.75, 3.05) is 4.90 Å². The van der Waals surface area contributed by atoms with Crippen LogP contribution in [0.4, 0.5) is 5.69 Å². The number of rotatable bonds is 3. The molecule has 1 aromatic heterocycles. The van der Waals surface area contributed by atoms with Crippen LogP contribution in [0.2, 0.25) is 0 Å². The molecule has 0 spiro atoms. The van der Waals surface area contributed by atoms with Gasteiger partial charge < -0.3 is 4.90 Å². The molecule has 1 aromatic rings. The van der Waals surface area contributed by atoms with Gasteiger partial charge in [0.25, 0.3) is 0 Å². The summed E-state index contributed by atoms with van der Waals surface area (Å²) in [5.74, 6) is 0. The van der Waals surface area contributed by atoms with Gasteiger partial charge in [-0.3, -0.25) is 4.98 Å². The number of anilines is 1. The van der Waals surface area contributed by atoms with Crippen LogP contribution in [0.1, 0.15) is 27.7 Å². The van der Waals surface area contributed by atoms with Gasteiger partial charge in [-0.15, -0.1) is 0 Å². The van der Waals surface area contributed by atoms with Gasteiger partial charge in [0.1, 0.15) is 0 Å². The number of pyridine rings is 1. The molecule has 1 heterocycles.